The Morgan fingerprint density at radius 2 is 2.11 bits per heavy atom. The Hall–Kier alpha value is -0.650. The zero-order chi connectivity index (χ0) is 13.9. The molecule has 2 aliphatic rings. The van der Waals surface area contributed by atoms with Gasteiger partial charge in [-0.05, 0) is 45.6 Å². The molecule has 0 aromatic heterocycles. The molecule has 2 rings (SSSR count). The predicted octanol–water partition coefficient (Wildman–Crippen LogP) is 0.504. The summed E-state index contributed by atoms with van der Waals surface area (Å²) >= 11 is 0. The first-order valence-electron chi connectivity index (χ1n) is 7.39. The highest BCUT2D eigenvalue weighted by Gasteiger charge is 2.38. The van der Waals surface area contributed by atoms with Crippen LogP contribution in [0.2, 0.25) is 0 Å². The van der Waals surface area contributed by atoms with Crippen molar-refractivity contribution in [3.05, 3.63) is 0 Å². The van der Waals surface area contributed by atoms with Crippen LogP contribution < -0.4 is 5.73 Å². The number of likely N-dealkylation sites (tertiary alicyclic amines) is 1. The summed E-state index contributed by atoms with van der Waals surface area (Å²) < 4.78 is 5.05. The van der Waals surface area contributed by atoms with Crippen LogP contribution in [0.3, 0.4) is 0 Å². The van der Waals surface area contributed by atoms with E-state index in [-0.39, 0.29) is 17.9 Å². The van der Waals surface area contributed by atoms with Crippen LogP contribution in [0.25, 0.3) is 0 Å². The lowest BCUT2D eigenvalue weighted by atomic mass is 9.78. The normalized spacial score (nSPS) is 36.4. The smallest absolute Gasteiger partial charge is 0.308 e. The van der Waals surface area contributed by atoms with Gasteiger partial charge in [0.1, 0.15) is 0 Å². The summed E-state index contributed by atoms with van der Waals surface area (Å²) in [6, 6.07) is 0.250. The number of hydrogen-bond donors (Lipinski definition) is 2. The van der Waals surface area contributed by atoms with E-state index in [0.717, 1.165) is 32.4 Å². The van der Waals surface area contributed by atoms with Crippen LogP contribution in [0.4, 0.5) is 0 Å². The molecule has 0 amide bonds. The van der Waals surface area contributed by atoms with Gasteiger partial charge in [-0.1, -0.05) is 0 Å². The Morgan fingerprint density at radius 1 is 1.42 bits per heavy atom. The van der Waals surface area contributed by atoms with Crippen LogP contribution in [0, 0.1) is 5.92 Å². The van der Waals surface area contributed by atoms with Gasteiger partial charge in [0.25, 0.3) is 0 Å². The molecular formula is C14H26N2O3. The van der Waals surface area contributed by atoms with Crippen LogP contribution in [-0.2, 0) is 9.53 Å². The second-order valence-corrected chi connectivity index (χ2v) is 6.03. The minimum atomic E-state index is -0.646. The van der Waals surface area contributed by atoms with Crippen LogP contribution in [0.5, 0.6) is 0 Å². The summed E-state index contributed by atoms with van der Waals surface area (Å²) in [6.07, 6.45) is 3.84. The molecule has 2 fully saturated rings. The standard InChI is InChI=1S/C14H26N2O3/c1-2-19-13(17)11-3-6-14(18,7-4-11)10-16-8-5-12(15)9-16/h11-12,18H,2-10,15H2,1H3. The highest BCUT2D eigenvalue weighted by Crippen LogP contribution is 2.34. The molecule has 1 saturated carbocycles. The number of carbonyl (C=O) groups excluding carboxylic acids is 1. The van der Waals surface area contributed by atoms with Gasteiger partial charge in [-0.25, -0.2) is 0 Å². The molecule has 1 unspecified atom stereocenters. The molecule has 1 aliphatic heterocycles. The van der Waals surface area contributed by atoms with E-state index in [1.807, 2.05) is 6.92 Å². The molecule has 1 aliphatic carbocycles. The molecule has 1 saturated heterocycles. The number of rotatable bonds is 4. The molecule has 1 atom stereocenters. The van der Waals surface area contributed by atoms with Crippen molar-refractivity contribution < 1.29 is 14.6 Å². The van der Waals surface area contributed by atoms with E-state index in [2.05, 4.69) is 4.90 Å². The quantitative estimate of drug-likeness (QED) is 0.728. The molecule has 0 spiro atoms. The van der Waals surface area contributed by atoms with E-state index in [9.17, 15) is 9.90 Å². The Labute approximate surface area is 115 Å². The van der Waals surface area contributed by atoms with E-state index >= 15 is 0 Å². The van der Waals surface area contributed by atoms with Crippen LogP contribution in [0.1, 0.15) is 39.0 Å². The molecule has 0 aromatic carbocycles. The molecule has 5 heteroatoms. The van der Waals surface area contributed by atoms with Crippen molar-refractivity contribution in [2.45, 2.75) is 50.7 Å². The van der Waals surface area contributed by atoms with Crippen LogP contribution in [-0.4, -0.2) is 53.9 Å². The zero-order valence-electron chi connectivity index (χ0n) is 11.8. The molecule has 19 heavy (non-hydrogen) atoms. The molecule has 0 radical (unpaired) electrons. The first-order chi connectivity index (χ1) is 9.02. The maximum absolute atomic E-state index is 11.7. The van der Waals surface area contributed by atoms with Gasteiger partial charge in [-0.2, -0.15) is 0 Å². The summed E-state index contributed by atoms with van der Waals surface area (Å²) in [5.74, 6) is -0.131. The van der Waals surface area contributed by atoms with Crippen molar-refractivity contribution in [3.8, 4) is 0 Å². The number of nitrogens with zero attached hydrogens (tertiary/aromatic N) is 1. The van der Waals surface area contributed by atoms with Crippen molar-refractivity contribution in [1.82, 2.24) is 4.90 Å². The fourth-order valence-corrected chi connectivity index (χ4v) is 3.23. The number of ether oxygens (including phenoxy) is 1. The van der Waals surface area contributed by atoms with E-state index < -0.39 is 5.60 Å². The van der Waals surface area contributed by atoms with Gasteiger partial charge in [0, 0.05) is 19.1 Å². The first-order valence-corrected chi connectivity index (χ1v) is 7.39. The third-order valence-electron chi connectivity index (χ3n) is 4.36. The van der Waals surface area contributed by atoms with E-state index in [1.165, 1.54) is 0 Å². The van der Waals surface area contributed by atoms with Gasteiger partial charge < -0.3 is 15.6 Å². The Balaban J connectivity index is 1.79. The monoisotopic (exact) mass is 270 g/mol. The summed E-state index contributed by atoms with van der Waals surface area (Å²) in [4.78, 5) is 13.9. The first kappa shape index (κ1) is 14.8. The van der Waals surface area contributed by atoms with Crippen molar-refractivity contribution in [2.75, 3.05) is 26.2 Å². The molecule has 1 heterocycles. The van der Waals surface area contributed by atoms with Gasteiger partial charge in [0.05, 0.1) is 18.1 Å². The average molecular weight is 270 g/mol. The lowest BCUT2D eigenvalue weighted by molar-refractivity contribution is -0.151. The number of esters is 1. The summed E-state index contributed by atoms with van der Waals surface area (Å²) in [7, 11) is 0. The summed E-state index contributed by atoms with van der Waals surface area (Å²) in [5.41, 5.74) is 5.24. The second-order valence-electron chi connectivity index (χ2n) is 6.03. The number of aliphatic hydroxyl groups is 1. The molecule has 0 bridgehead atoms. The number of carbonyl (C=O) groups is 1. The van der Waals surface area contributed by atoms with Gasteiger partial charge in [-0.3, -0.25) is 9.69 Å². The molecule has 110 valence electrons. The fraction of sp³-hybridized carbons (Fsp3) is 0.929. The van der Waals surface area contributed by atoms with Gasteiger partial charge >= 0.3 is 5.97 Å². The Morgan fingerprint density at radius 3 is 2.63 bits per heavy atom. The maximum atomic E-state index is 11.7. The highest BCUT2D eigenvalue weighted by molar-refractivity contribution is 5.72. The van der Waals surface area contributed by atoms with Crippen molar-refractivity contribution >= 4 is 5.97 Å². The van der Waals surface area contributed by atoms with E-state index in [1.54, 1.807) is 0 Å². The van der Waals surface area contributed by atoms with Crippen LogP contribution >= 0.6 is 0 Å². The largest absolute Gasteiger partial charge is 0.466 e. The third kappa shape index (κ3) is 3.91. The maximum Gasteiger partial charge on any atom is 0.308 e. The lowest BCUT2D eigenvalue weighted by Crippen LogP contribution is -2.46. The van der Waals surface area contributed by atoms with Gasteiger partial charge in [-0.15, -0.1) is 0 Å². The van der Waals surface area contributed by atoms with Crippen molar-refractivity contribution in [2.24, 2.45) is 11.7 Å². The zero-order valence-corrected chi connectivity index (χ0v) is 11.8. The number of nitrogens with two attached hydrogens (primary N) is 1. The van der Waals surface area contributed by atoms with E-state index in [0.29, 0.717) is 26.0 Å². The highest BCUT2D eigenvalue weighted by atomic mass is 16.5. The second kappa shape index (κ2) is 6.20. The lowest BCUT2D eigenvalue weighted by Gasteiger charge is -2.37. The fourth-order valence-electron chi connectivity index (χ4n) is 3.23. The van der Waals surface area contributed by atoms with Crippen molar-refractivity contribution in [1.29, 1.82) is 0 Å². The Bertz CT molecular complexity index is 314. The van der Waals surface area contributed by atoms with E-state index in [4.69, 9.17) is 10.5 Å². The van der Waals surface area contributed by atoms with Gasteiger partial charge in [0.2, 0.25) is 0 Å². The topological polar surface area (TPSA) is 75.8 Å². The summed E-state index contributed by atoms with van der Waals surface area (Å²) in [5, 5.41) is 10.6. The number of β-amino-alcohol motifs (C(OH)–C–C–N with tert-alkyl or cyclic N) is 1. The SMILES string of the molecule is CCOC(=O)C1CCC(O)(CN2CCC(N)C2)CC1. The molecule has 0 aromatic rings. The molecule has 3 N–H and O–H groups in total. The summed E-state index contributed by atoms with van der Waals surface area (Å²) in [6.45, 7) is 4.81. The van der Waals surface area contributed by atoms with Crippen LogP contribution in [0.15, 0.2) is 0 Å². The molecular weight excluding hydrogens is 244 g/mol. The van der Waals surface area contributed by atoms with Gasteiger partial charge in [0.15, 0.2) is 0 Å². The third-order valence-corrected chi connectivity index (χ3v) is 4.36. The minimum Gasteiger partial charge on any atom is -0.466 e. The molecule has 5 nitrogen and oxygen atoms in total. The average Bonchev–Trinajstić information content (AvgIpc) is 2.75. The predicted molar refractivity (Wildman–Crippen MR) is 72.6 cm³/mol. The van der Waals surface area contributed by atoms with Crippen molar-refractivity contribution in [3.63, 3.8) is 0 Å². The Kier molecular flexibility index (Phi) is 4.81. The number of hydrogen-bond acceptors (Lipinski definition) is 5. The minimum absolute atomic E-state index is 0.0268.